The van der Waals surface area contributed by atoms with Crippen LogP contribution in [0.5, 0.6) is 0 Å². The number of rotatable bonds is 5. The molecule has 1 N–H and O–H groups in total. The van der Waals surface area contributed by atoms with Crippen LogP contribution in [0.3, 0.4) is 0 Å². The van der Waals surface area contributed by atoms with E-state index in [4.69, 9.17) is 0 Å². The van der Waals surface area contributed by atoms with Gasteiger partial charge in [0.15, 0.2) is 16.4 Å². The van der Waals surface area contributed by atoms with Gasteiger partial charge in [-0.15, -0.1) is 0 Å². The summed E-state index contributed by atoms with van der Waals surface area (Å²) in [7, 11) is 4.02. The van der Waals surface area contributed by atoms with Crippen molar-refractivity contribution < 1.29 is 4.55 Å². The molecule has 4 rings (SSSR count). The lowest BCUT2D eigenvalue weighted by atomic mass is 10.2. The highest BCUT2D eigenvalue weighted by Crippen LogP contribution is 2.27. The number of imidazole rings is 1. The zero-order valence-corrected chi connectivity index (χ0v) is 16.8. The Kier molecular flexibility index (Phi) is 4.93. The van der Waals surface area contributed by atoms with E-state index in [-0.39, 0.29) is 0 Å². The third-order valence-electron chi connectivity index (χ3n) is 4.54. The molecule has 2 aromatic heterocycles. The Bertz CT molecular complexity index is 1110. The monoisotopic (exact) mass is 391 g/mol. The lowest BCUT2D eigenvalue weighted by Gasteiger charge is -2.14. The standard InChI is InChI=1S/C21H21N5OS/c1-25(2)17-6-4-5-16(13-17)24-20-21-23-14-19(26(21)12-11-22-20)15-7-9-18(10-8-15)28(3)27/h4-14H,1-3H3,(H,22,24). The first kappa shape index (κ1) is 18.3. The Morgan fingerprint density at radius 2 is 1.86 bits per heavy atom. The first-order chi connectivity index (χ1) is 13.5. The van der Waals surface area contributed by atoms with Crippen molar-refractivity contribution in [3.8, 4) is 11.3 Å². The van der Waals surface area contributed by atoms with E-state index in [0.717, 1.165) is 33.2 Å². The largest absolute Gasteiger partial charge is 0.612 e. The molecule has 2 heterocycles. The minimum absolute atomic E-state index is 0.691. The minimum Gasteiger partial charge on any atom is -0.612 e. The fourth-order valence-corrected chi connectivity index (χ4v) is 3.56. The average molecular weight is 392 g/mol. The van der Waals surface area contributed by atoms with Crippen molar-refractivity contribution in [1.29, 1.82) is 0 Å². The molecule has 0 aliphatic rings. The van der Waals surface area contributed by atoms with Crippen LogP contribution in [-0.4, -0.2) is 39.3 Å². The molecule has 0 spiro atoms. The summed E-state index contributed by atoms with van der Waals surface area (Å²) in [6.07, 6.45) is 7.16. The predicted octanol–water partition coefficient (Wildman–Crippen LogP) is 3.94. The lowest BCUT2D eigenvalue weighted by molar-refractivity contribution is 0.601. The predicted molar refractivity (Wildman–Crippen MR) is 115 cm³/mol. The fraction of sp³-hybridized carbons (Fsp3) is 0.143. The van der Waals surface area contributed by atoms with Crippen LogP contribution >= 0.6 is 0 Å². The highest BCUT2D eigenvalue weighted by molar-refractivity contribution is 7.90. The van der Waals surface area contributed by atoms with Gasteiger partial charge in [0, 0.05) is 43.4 Å². The second-order valence-electron chi connectivity index (χ2n) is 6.66. The third kappa shape index (κ3) is 3.54. The zero-order chi connectivity index (χ0) is 19.7. The van der Waals surface area contributed by atoms with Crippen LogP contribution in [-0.2, 0) is 11.2 Å². The van der Waals surface area contributed by atoms with E-state index in [1.807, 2.05) is 67.3 Å². The van der Waals surface area contributed by atoms with Gasteiger partial charge in [-0.2, -0.15) is 0 Å². The maximum absolute atomic E-state index is 11.6. The Labute approximate surface area is 167 Å². The fourth-order valence-electron chi connectivity index (χ4n) is 3.04. The molecule has 0 radical (unpaired) electrons. The Hall–Kier alpha value is -3.03. The van der Waals surface area contributed by atoms with Crippen LogP contribution in [0.4, 0.5) is 17.2 Å². The maximum Gasteiger partial charge on any atom is 0.180 e. The summed E-state index contributed by atoms with van der Waals surface area (Å²) in [6, 6.07) is 15.8. The van der Waals surface area contributed by atoms with E-state index >= 15 is 0 Å². The molecule has 0 saturated carbocycles. The highest BCUT2D eigenvalue weighted by Gasteiger charge is 2.12. The van der Waals surface area contributed by atoms with Crippen molar-refractivity contribution in [2.24, 2.45) is 0 Å². The van der Waals surface area contributed by atoms with Crippen molar-refractivity contribution in [3.05, 3.63) is 67.1 Å². The molecule has 0 amide bonds. The van der Waals surface area contributed by atoms with Crippen molar-refractivity contribution in [1.82, 2.24) is 14.4 Å². The molecule has 7 heteroatoms. The molecular formula is C21H21N5OS. The van der Waals surface area contributed by atoms with E-state index in [2.05, 4.69) is 32.3 Å². The Balaban J connectivity index is 1.70. The minimum atomic E-state index is -0.989. The van der Waals surface area contributed by atoms with Crippen LogP contribution < -0.4 is 10.2 Å². The van der Waals surface area contributed by atoms with E-state index in [1.54, 1.807) is 12.5 Å². The molecule has 1 unspecified atom stereocenters. The molecule has 0 aliphatic carbocycles. The van der Waals surface area contributed by atoms with Crippen LogP contribution in [0.1, 0.15) is 0 Å². The number of hydrogen-bond acceptors (Lipinski definition) is 5. The topological polar surface area (TPSA) is 68.5 Å². The van der Waals surface area contributed by atoms with Crippen LogP contribution in [0, 0.1) is 0 Å². The second kappa shape index (κ2) is 7.53. The van der Waals surface area contributed by atoms with Gasteiger partial charge in [-0.3, -0.25) is 4.40 Å². The number of nitrogens with one attached hydrogen (secondary N) is 1. The van der Waals surface area contributed by atoms with Gasteiger partial charge in [0.05, 0.1) is 11.9 Å². The van der Waals surface area contributed by atoms with Gasteiger partial charge < -0.3 is 14.8 Å². The molecule has 0 fully saturated rings. The summed E-state index contributed by atoms with van der Waals surface area (Å²) < 4.78 is 13.6. The van der Waals surface area contributed by atoms with Gasteiger partial charge in [-0.1, -0.05) is 6.07 Å². The SMILES string of the molecule is CN(C)c1cccc(Nc2nccn3c(-c4ccc([S+](C)[O-])cc4)cnc23)c1. The average Bonchev–Trinajstić information content (AvgIpc) is 3.13. The number of anilines is 3. The molecule has 142 valence electrons. The first-order valence-electron chi connectivity index (χ1n) is 8.83. The molecule has 1 atom stereocenters. The van der Waals surface area contributed by atoms with Crippen LogP contribution in [0.2, 0.25) is 0 Å². The van der Waals surface area contributed by atoms with Crippen molar-refractivity contribution in [3.63, 3.8) is 0 Å². The molecule has 0 aliphatic heterocycles. The summed E-state index contributed by atoms with van der Waals surface area (Å²) in [4.78, 5) is 11.9. The van der Waals surface area contributed by atoms with Crippen LogP contribution in [0.25, 0.3) is 16.9 Å². The van der Waals surface area contributed by atoms with Gasteiger partial charge in [-0.25, -0.2) is 9.97 Å². The summed E-state index contributed by atoms with van der Waals surface area (Å²) in [5.74, 6) is 0.691. The highest BCUT2D eigenvalue weighted by atomic mass is 32.2. The van der Waals surface area contributed by atoms with Gasteiger partial charge >= 0.3 is 0 Å². The number of nitrogens with zero attached hydrogens (tertiary/aromatic N) is 4. The van der Waals surface area contributed by atoms with E-state index in [0.29, 0.717) is 5.82 Å². The van der Waals surface area contributed by atoms with Gasteiger partial charge in [-0.05, 0) is 53.6 Å². The molecule has 2 aromatic carbocycles. The van der Waals surface area contributed by atoms with E-state index in [1.165, 1.54) is 0 Å². The lowest BCUT2D eigenvalue weighted by Crippen LogP contribution is -2.08. The molecule has 0 saturated heterocycles. The Morgan fingerprint density at radius 3 is 2.57 bits per heavy atom. The molecule has 0 bridgehead atoms. The summed E-state index contributed by atoms with van der Waals surface area (Å²) >= 11 is -0.989. The summed E-state index contributed by atoms with van der Waals surface area (Å²) in [5.41, 5.74) is 4.76. The number of hydrogen-bond donors (Lipinski definition) is 1. The number of aromatic nitrogens is 3. The summed E-state index contributed by atoms with van der Waals surface area (Å²) in [5, 5.41) is 3.37. The first-order valence-corrected chi connectivity index (χ1v) is 10.4. The van der Waals surface area contributed by atoms with E-state index < -0.39 is 11.2 Å². The van der Waals surface area contributed by atoms with Crippen molar-refractivity contribution in [2.75, 3.05) is 30.6 Å². The molecule has 4 aromatic rings. The van der Waals surface area contributed by atoms with Crippen molar-refractivity contribution >= 4 is 34.0 Å². The maximum atomic E-state index is 11.6. The number of benzene rings is 2. The normalized spacial score (nSPS) is 12.1. The van der Waals surface area contributed by atoms with Gasteiger partial charge in [0.1, 0.15) is 6.26 Å². The molecule has 28 heavy (non-hydrogen) atoms. The molecule has 6 nitrogen and oxygen atoms in total. The molecular weight excluding hydrogens is 370 g/mol. The summed E-state index contributed by atoms with van der Waals surface area (Å²) in [6.45, 7) is 0. The van der Waals surface area contributed by atoms with Gasteiger partial charge in [0.25, 0.3) is 0 Å². The second-order valence-corrected chi connectivity index (χ2v) is 8.04. The smallest absolute Gasteiger partial charge is 0.180 e. The van der Waals surface area contributed by atoms with Gasteiger partial charge in [0.2, 0.25) is 0 Å². The Morgan fingerprint density at radius 1 is 1.07 bits per heavy atom. The number of fused-ring (bicyclic) bond motifs is 1. The third-order valence-corrected chi connectivity index (χ3v) is 5.47. The van der Waals surface area contributed by atoms with E-state index in [9.17, 15) is 4.55 Å². The van der Waals surface area contributed by atoms with Crippen LogP contribution in [0.15, 0.2) is 72.0 Å². The van der Waals surface area contributed by atoms with Crippen molar-refractivity contribution in [2.45, 2.75) is 4.90 Å². The zero-order valence-electron chi connectivity index (χ0n) is 16.0. The quantitative estimate of drug-likeness (QED) is 0.522.